The Morgan fingerprint density at radius 1 is 1.30 bits per heavy atom. The van der Waals surface area contributed by atoms with Crippen molar-refractivity contribution in [3.8, 4) is 0 Å². The van der Waals surface area contributed by atoms with E-state index in [9.17, 15) is 4.79 Å². The summed E-state index contributed by atoms with van der Waals surface area (Å²) in [4.78, 5) is 19.8. The van der Waals surface area contributed by atoms with Gasteiger partial charge in [-0.1, -0.05) is 35.0 Å². The quantitative estimate of drug-likeness (QED) is 0.860. The average Bonchev–Trinajstić information content (AvgIpc) is 3.09. The van der Waals surface area contributed by atoms with Gasteiger partial charge in [0, 0.05) is 26.2 Å². The van der Waals surface area contributed by atoms with Gasteiger partial charge in [0.1, 0.15) is 0 Å². The molecule has 3 rings (SSSR count). The number of carbonyl (C=O) groups is 1. The molecule has 0 radical (unpaired) electrons. The maximum Gasteiger partial charge on any atom is 0.409 e. The fourth-order valence-electron chi connectivity index (χ4n) is 2.95. The molecule has 0 saturated carbocycles. The predicted octanol–water partition coefficient (Wildman–Crippen LogP) is 1.85. The summed E-state index contributed by atoms with van der Waals surface area (Å²) in [6.07, 6.45) is 1.07. The Morgan fingerprint density at radius 2 is 2.09 bits per heavy atom. The molecule has 1 aliphatic rings. The summed E-state index contributed by atoms with van der Waals surface area (Å²) in [7, 11) is 1.41. The van der Waals surface area contributed by atoms with E-state index in [1.165, 1.54) is 19.1 Å². The summed E-state index contributed by atoms with van der Waals surface area (Å²) in [5.74, 6) is 0.641. The summed E-state index contributed by atoms with van der Waals surface area (Å²) in [6, 6.07) is 8.22. The number of hydrogen-bond donors (Lipinski definition) is 0. The van der Waals surface area contributed by atoms with Gasteiger partial charge in [-0.3, -0.25) is 4.90 Å². The fraction of sp³-hybridized carbons (Fsp3) is 0.438. The molecule has 1 atom stereocenters. The van der Waals surface area contributed by atoms with Crippen molar-refractivity contribution in [3.05, 3.63) is 47.6 Å². The molecule has 0 spiro atoms. The van der Waals surface area contributed by atoms with E-state index in [0.29, 0.717) is 18.9 Å². The van der Waals surface area contributed by atoms with E-state index in [4.69, 9.17) is 9.26 Å². The number of carbonyl (C=O) groups excluding carboxylic acids is 1. The number of rotatable bonds is 3. The van der Waals surface area contributed by atoms with Crippen molar-refractivity contribution in [1.82, 2.24) is 19.9 Å². The van der Waals surface area contributed by atoms with Crippen molar-refractivity contribution >= 4 is 6.09 Å². The maximum atomic E-state index is 11.6. The molecule has 0 N–H and O–H groups in total. The number of ether oxygens (including phenoxy) is 1. The standard InChI is InChI=1S/C16H20N4O3/c1-12-4-3-5-13(10-12)14(15-17-11-23-18-15)19-6-8-20(9-7-19)16(21)22-2/h3-5,10-11,14H,6-9H2,1-2H3. The second-order valence-corrected chi connectivity index (χ2v) is 5.60. The van der Waals surface area contributed by atoms with Gasteiger partial charge in [0.25, 0.3) is 0 Å². The molecule has 122 valence electrons. The number of hydrogen-bond acceptors (Lipinski definition) is 6. The largest absolute Gasteiger partial charge is 0.453 e. The van der Waals surface area contributed by atoms with Crippen molar-refractivity contribution in [2.75, 3.05) is 33.3 Å². The van der Waals surface area contributed by atoms with Gasteiger partial charge in [-0.15, -0.1) is 0 Å². The van der Waals surface area contributed by atoms with Gasteiger partial charge >= 0.3 is 6.09 Å². The zero-order chi connectivity index (χ0) is 16.2. The molecule has 0 bridgehead atoms. The molecule has 1 saturated heterocycles. The molecular formula is C16H20N4O3. The third-order valence-electron chi connectivity index (χ3n) is 4.09. The van der Waals surface area contributed by atoms with Gasteiger partial charge in [-0.25, -0.2) is 4.79 Å². The van der Waals surface area contributed by atoms with E-state index >= 15 is 0 Å². The molecule has 7 nitrogen and oxygen atoms in total. The van der Waals surface area contributed by atoms with Crippen LogP contribution in [0.15, 0.2) is 35.2 Å². The van der Waals surface area contributed by atoms with Crippen LogP contribution in [0.3, 0.4) is 0 Å². The molecule has 0 aliphatic carbocycles. The Bertz CT molecular complexity index is 651. The van der Waals surface area contributed by atoms with E-state index in [2.05, 4.69) is 40.2 Å². The molecule has 1 amide bonds. The first-order chi connectivity index (χ1) is 11.2. The zero-order valence-corrected chi connectivity index (χ0v) is 13.3. The molecule has 23 heavy (non-hydrogen) atoms. The van der Waals surface area contributed by atoms with Gasteiger partial charge < -0.3 is 14.2 Å². The Balaban J connectivity index is 1.82. The van der Waals surface area contributed by atoms with Crippen LogP contribution >= 0.6 is 0 Å². The van der Waals surface area contributed by atoms with Crippen LogP contribution in [0.2, 0.25) is 0 Å². The lowest BCUT2D eigenvalue weighted by molar-refractivity contribution is 0.0795. The maximum absolute atomic E-state index is 11.6. The summed E-state index contributed by atoms with van der Waals surface area (Å²) in [5, 5.41) is 4.04. The summed E-state index contributed by atoms with van der Waals surface area (Å²) in [5.41, 5.74) is 2.31. The topological polar surface area (TPSA) is 71.7 Å². The highest BCUT2D eigenvalue weighted by Crippen LogP contribution is 2.28. The second-order valence-electron chi connectivity index (χ2n) is 5.60. The van der Waals surface area contributed by atoms with E-state index in [-0.39, 0.29) is 12.1 Å². The van der Waals surface area contributed by atoms with E-state index in [1.54, 1.807) is 4.90 Å². The van der Waals surface area contributed by atoms with Crippen molar-refractivity contribution in [2.24, 2.45) is 0 Å². The number of benzene rings is 1. The van der Waals surface area contributed by atoms with Gasteiger partial charge in [0.05, 0.1) is 13.2 Å². The molecule has 7 heteroatoms. The Kier molecular flexibility index (Phi) is 4.57. The minimum atomic E-state index is -0.281. The van der Waals surface area contributed by atoms with Crippen LogP contribution in [0.1, 0.15) is 23.0 Å². The van der Waals surface area contributed by atoms with Crippen LogP contribution < -0.4 is 0 Å². The Labute approximate surface area is 134 Å². The smallest absolute Gasteiger partial charge is 0.409 e. The molecule has 1 aromatic carbocycles. The number of piperazine rings is 1. The van der Waals surface area contributed by atoms with Crippen LogP contribution in [0.5, 0.6) is 0 Å². The number of amides is 1. The molecule has 1 aromatic heterocycles. The highest BCUT2D eigenvalue weighted by molar-refractivity contribution is 5.67. The predicted molar refractivity (Wildman–Crippen MR) is 82.9 cm³/mol. The third-order valence-corrected chi connectivity index (χ3v) is 4.09. The lowest BCUT2D eigenvalue weighted by Crippen LogP contribution is -2.50. The highest BCUT2D eigenvalue weighted by Gasteiger charge is 2.30. The zero-order valence-electron chi connectivity index (χ0n) is 13.3. The summed E-state index contributed by atoms with van der Waals surface area (Å²) >= 11 is 0. The van der Waals surface area contributed by atoms with Crippen molar-refractivity contribution < 1.29 is 14.1 Å². The molecular weight excluding hydrogens is 296 g/mol. The first-order valence-corrected chi connectivity index (χ1v) is 7.59. The summed E-state index contributed by atoms with van der Waals surface area (Å²) < 4.78 is 9.73. The van der Waals surface area contributed by atoms with Crippen molar-refractivity contribution in [1.29, 1.82) is 0 Å². The van der Waals surface area contributed by atoms with Gasteiger partial charge in [0.15, 0.2) is 5.82 Å². The average molecular weight is 316 g/mol. The first kappa shape index (κ1) is 15.5. The second kappa shape index (κ2) is 6.78. The molecule has 2 heterocycles. The van der Waals surface area contributed by atoms with Crippen LogP contribution in [-0.2, 0) is 4.74 Å². The normalized spacial score (nSPS) is 17.0. The minimum absolute atomic E-state index is 0.0755. The van der Waals surface area contributed by atoms with Crippen LogP contribution in [0.25, 0.3) is 0 Å². The van der Waals surface area contributed by atoms with Crippen LogP contribution in [-0.4, -0.2) is 59.3 Å². The highest BCUT2D eigenvalue weighted by atomic mass is 16.5. The number of aromatic nitrogens is 2. The van der Waals surface area contributed by atoms with Crippen molar-refractivity contribution in [3.63, 3.8) is 0 Å². The molecule has 1 fully saturated rings. The summed E-state index contributed by atoms with van der Waals surface area (Å²) in [6.45, 7) is 4.75. The van der Waals surface area contributed by atoms with Gasteiger partial charge in [-0.2, -0.15) is 4.98 Å². The van der Waals surface area contributed by atoms with E-state index in [0.717, 1.165) is 18.7 Å². The molecule has 1 aliphatic heterocycles. The Hall–Kier alpha value is -2.41. The fourth-order valence-corrected chi connectivity index (χ4v) is 2.95. The minimum Gasteiger partial charge on any atom is -0.453 e. The van der Waals surface area contributed by atoms with Gasteiger partial charge in [0.2, 0.25) is 6.39 Å². The van der Waals surface area contributed by atoms with E-state index < -0.39 is 0 Å². The molecule has 2 aromatic rings. The van der Waals surface area contributed by atoms with Crippen LogP contribution in [0.4, 0.5) is 4.79 Å². The number of methoxy groups -OCH3 is 1. The number of nitrogens with zero attached hydrogens (tertiary/aromatic N) is 4. The third kappa shape index (κ3) is 3.34. The van der Waals surface area contributed by atoms with Crippen LogP contribution in [0, 0.1) is 6.92 Å². The number of aryl methyl sites for hydroxylation is 1. The monoisotopic (exact) mass is 316 g/mol. The lowest BCUT2D eigenvalue weighted by Gasteiger charge is -2.37. The van der Waals surface area contributed by atoms with E-state index in [1.807, 2.05) is 6.07 Å². The van der Waals surface area contributed by atoms with Gasteiger partial charge in [-0.05, 0) is 12.5 Å². The Morgan fingerprint density at radius 3 is 2.70 bits per heavy atom. The molecule has 1 unspecified atom stereocenters. The lowest BCUT2D eigenvalue weighted by atomic mass is 10.0. The SMILES string of the molecule is COC(=O)N1CCN(C(c2cccc(C)c2)c2ncon2)CC1. The first-order valence-electron chi connectivity index (χ1n) is 7.59. The van der Waals surface area contributed by atoms with Crippen molar-refractivity contribution in [2.45, 2.75) is 13.0 Å².